The minimum Gasteiger partial charge on any atom is -0.370 e. The lowest BCUT2D eigenvalue weighted by Gasteiger charge is -2.05. The van der Waals surface area contributed by atoms with Gasteiger partial charge in [0.05, 0.1) is 0 Å². The van der Waals surface area contributed by atoms with Crippen LogP contribution in [0.5, 0.6) is 0 Å². The molecule has 0 aliphatic carbocycles. The second-order valence-electron chi connectivity index (χ2n) is 3.30. The van der Waals surface area contributed by atoms with Gasteiger partial charge in [-0.15, -0.1) is 10.2 Å². The second kappa shape index (κ2) is 6.35. The predicted octanol–water partition coefficient (Wildman–Crippen LogP) is 2.94. The highest BCUT2D eigenvalue weighted by Crippen LogP contribution is 2.30. The molecule has 0 aliphatic rings. The summed E-state index contributed by atoms with van der Waals surface area (Å²) in [6, 6.07) is 1.94. The lowest BCUT2D eigenvalue weighted by atomic mass is 10.5. The molecule has 1 N–H and O–H groups in total. The summed E-state index contributed by atoms with van der Waals surface area (Å²) < 4.78 is 0.903. The molecule has 0 spiro atoms. The fourth-order valence-corrected chi connectivity index (χ4v) is 3.43. The van der Waals surface area contributed by atoms with E-state index in [2.05, 4.69) is 25.5 Å². The van der Waals surface area contributed by atoms with Gasteiger partial charge in [0.2, 0.25) is 0 Å². The van der Waals surface area contributed by atoms with E-state index in [1.165, 1.54) is 23.5 Å². The Bertz CT molecular complexity index is 528. The Morgan fingerprint density at radius 1 is 1.33 bits per heavy atom. The van der Waals surface area contributed by atoms with Crippen molar-refractivity contribution in [3.05, 3.63) is 11.1 Å². The van der Waals surface area contributed by atoms with Gasteiger partial charge >= 0.3 is 0 Å². The van der Waals surface area contributed by atoms with E-state index >= 15 is 0 Å². The van der Waals surface area contributed by atoms with Crippen molar-refractivity contribution in [3.8, 4) is 0 Å². The van der Waals surface area contributed by atoms with Crippen LogP contribution in [0, 0.1) is 6.92 Å². The number of hydrogen-bond donors (Lipinski definition) is 1. The topological polar surface area (TPSA) is 63.6 Å². The standard InChI is InChI=1S/C10H13N5S3/c1-4-11-7-5-8(13-9(12-7)16-3)18-10-15-14-6(2)17-10/h5H,4H2,1-3H3,(H,11,12,13). The number of anilines is 1. The zero-order valence-corrected chi connectivity index (χ0v) is 12.7. The van der Waals surface area contributed by atoms with Crippen molar-refractivity contribution >= 4 is 40.7 Å². The van der Waals surface area contributed by atoms with Crippen LogP contribution in [-0.2, 0) is 0 Å². The van der Waals surface area contributed by atoms with E-state index in [1.807, 2.05) is 26.2 Å². The predicted molar refractivity (Wildman–Crippen MR) is 76.7 cm³/mol. The first-order chi connectivity index (χ1) is 8.71. The van der Waals surface area contributed by atoms with Crippen LogP contribution in [0.2, 0.25) is 0 Å². The quantitative estimate of drug-likeness (QED) is 0.517. The highest BCUT2D eigenvalue weighted by molar-refractivity contribution is 8.01. The minimum absolute atomic E-state index is 0.761. The third-order valence-corrected chi connectivity index (χ3v) is 4.28. The van der Waals surface area contributed by atoms with Gasteiger partial charge in [-0.05, 0) is 31.9 Å². The molecule has 5 nitrogen and oxygen atoms in total. The molecule has 2 aromatic rings. The van der Waals surface area contributed by atoms with E-state index in [9.17, 15) is 0 Å². The van der Waals surface area contributed by atoms with Crippen molar-refractivity contribution in [1.82, 2.24) is 20.2 Å². The van der Waals surface area contributed by atoms with Gasteiger partial charge < -0.3 is 5.32 Å². The van der Waals surface area contributed by atoms with Gasteiger partial charge in [0.1, 0.15) is 15.9 Å². The number of aromatic nitrogens is 4. The van der Waals surface area contributed by atoms with Crippen LogP contribution in [0.3, 0.4) is 0 Å². The summed E-state index contributed by atoms with van der Waals surface area (Å²) in [6.07, 6.45) is 1.97. The minimum atomic E-state index is 0.761. The molecule has 18 heavy (non-hydrogen) atoms. The highest BCUT2D eigenvalue weighted by Gasteiger charge is 2.08. The second-order valence-corrected chi connectivity index (χ2v) is 6.52. The van der Waals surface area contributed by atoms with E-state index in [4.69, 9.17) is 0 Å². The maximum atomic E-state index is 4.45. The van der Waals surface area contributed by atoms with E-state index in [-0.39, 0.29) is 0 Å². The molecule has 2 heterocycles. The van der Waals surface area contributed by atoms with Crippen molar-refractivity contribution in [2.45, 2.75) is 28.4 Å². The van der Waals surface area contributed by atoms with Gasteiger partial charge in [0.15, 0.2) is 9.50 Å². The first-order valence-electron chi connectivity index (χ1n) is 5.36. The molecule has 0 radical (unpaired) electrons. The lowest BCUT2D eigenvalue weighted by Crippen LogP contribution is -2.01. The molecule has 0 unspecified atom stereocenters. The van der Waals surface area contributed by atoms with Crippen molar-refractivity contribution in [3.63, 3.8) is 0 Å². The first kappa shape index (κ1) is 13.6. The largest absolute Gasteiger partial charge is 0.370 e. The molecule has 96 valence electrons. The molecular weight excluding hydrogens is 286 g/mol. The van der Waals surface area contributed by atoms with E-state index < -0.39 is 0 Å². The van der Waals surface area contributed by atoms with Gasteiger partial charge in [0, 0.05) is 12.6 Å². The summed E-state index contributed by atoms with van der Waals surface area (Å²) in [6.45, 7) is 4.83. The zero-order valence-electron chi connectivity index (χ0n) is 10.3. The van der Waals surface area contributed by atoms with Gasteiger partial charge in [-0.3, -0.25) is 0 Å². The third kappa shape index (κ3) is 3.56. The van der Waals surface area contributed by atoms with E-state index in [0.29, 0.717) is 0 Å². The third-order valence-electron chi connectivity index (χ3n) is 1.92. The van der Waals surface area contributed by atoms with Crippen LogP contribution in [0.1, 0.15) is 11.9 Å². The van der Waals surface area contributed by atoms with Crippen molar-refractivity contribution in [2.24, 2.45) is 0 Å². The van der Waals surface area contributed by atoms with Crippen LogP contribution >= 0.6 is 34.9 Å². The first-order valence-corrected chi connectivity index (χ1v) is 8.22. The summed E-state index contributed by atoms with van der Waals surface area (Å²) in [4.78, 5) is 8.84. The summed E-state index contributed by atoms with van der Waals surface area (Å²) in [5.74, 6) is 0.848. The van der Waals surface area contributed by atoms with Crippen LogP contribution in [0.15, 0.2) is 20.6 Å². The van der Waals surface area contributed by atoms with Gasteiger partial charge in [0.25, 0.3) is 0 Å². The molecule has 0 aromatic carbocycles. The van der Waals surface area contributed by atoms with Crippen LogP contribution in [0.4, 0.5) is 5.82 Å². The van der Waals surface area contributed by atoms with Crippen LogP contribution in [-0.4, -0.2) is 33.0 Å². The molecule has 0 saturated heterocycles. The average molecular weight is 299 g/mol. The van der Waals surface area contributed by atoms with Gasteiger partial charge in [-0.2, -0.15) is 0 Å². The Kier molecular flexibility index (Phi) is 4.79. The van der Waals surface area contributed by atoms with Crippen molar-refractivity contribution in [2.75, 3.05) is 18.1 Å². The SMILES string of the molecule is CCNc1cc(Sc2nnc(C)s2)nc(SC)n1. The maximum absolute atomic E-state index is 4.45. The summed E-state index contributed by atoms with van der Waals surface area (Å²) in [7, 11) is 0. The number of rotatable bonds is 5. The average Bonchev–Trinajstić information content (AvgIpc) is 2.75. The Labute approximate surface area is 118 Å². The Morgan fingerprint density at radius 3 is 2.78 bits per heavy atom. The lowest BCUT2D eigenvalue weighted by molar-refractivity contribution is 0.889. The normalized spacial score (nSPS) is 10.6. The summed E-state index contributed by atoms with van der Waals surface area (Å²) >= 11 is 4.62. The fourth-order valence-electron chi connectivity index (χ4n) is 1.23. The maximum Gasteiger partial charge on any atom is 0.190 e. The molecular formula is C10H13N5S3. The Morgan fingerprint density at radius 2 is 2.17 bits per heavy atom. The van der Waals surface area contributed by atoms with Crippen molar-refractivity contribution in [1.29, 1.82) is 0 Å². The highest BCUT2D eigenvalue weighted by atomic mass is 32.2. The summed E-state index contributed by atoms with van der Waals surface area (Å²) in [5, 5.41) is 13.9. The van der Waals surface area contributed by atoms with E-state index in [1.54, 1.807) is 11.3 Å². The molecule has 0 aliphatic heterocycles. The Hall–Kier alpha value is -0.860. The van der Waals surface area contributed by atoms with Crippen molar-refractivity contribution < 1.29 is 0 Å². The molecule has 0 amide bonds. The molecule has 0 saturated carbocycles. The molecule has 2 rings (SSSR count). The molecule has 2 aromatic heterocycles. The van der Waals surface area contributed by atoms with Gasteiger partial charge in [-0.25, -0.2) is 9.97 Å². The number of hydrogen-bond acceptors (Lipinski definition) is 8. The smallest absolute Gasteiger partial charge is 0.190 e. The molecule has 8 heteroatoms. The zero-order chi connectivity index (χ0) is 13.0. The van der Waals surface area contributed by atoms with E-state index in [0.717, 1.165) is 31.9 Å². The van der Waals surface area contributed by atoms with Crippen LogP contribution < -0.4 is 5.32 Å². The van der Waals surface area contributed by atoms with Gasteiger partial charge in [-0.1, -0.05) is 23.1 Å². The number of nitrogens with zero attached hydrogens (tertiary/aromatic N) is 4. The number of thioether (sulfide) groups is 1. The monoisotopic (exact) mass is 299 g/mol. The Balaban J connectivity index is 2.23. The fraction of sp³-hybridized carbons (Fsp3) is 0.400. The van der Waals surface area contributed by atoms with Crippen LogP contribution in [0.25, 0.3) is 0 Å². The molecule has 0 bridgehead atoms. The number of nitrogens with one attached hydrogen (secondary N) is 1. The molecule has 0 fully saturated rings. The molecule has 0 atom stereocenters. The number of aryl methyl sites for hydroxylation is 1. The summed E-state index contributed by atoms with van der Waals surface area (Å²) in [5.41, 5.74) is 0.